The first-order chi connectivity index (χ1) is 18.5. The number of rotatable bonds is 8. The van der Waals surface area contributed by atoms with Crippen LogP contribution in [0.15, 0.2) is 72.8 Å². The van der Waals surface area contributed by atoms with Crippen LogP contribution in [0.3, 0.4) is 0 Å². The van der Waals surface area contributed by atoms with Crippen LogP contribution < -0.4 is 10.1 Å². The molecular weight excluding hydrogens is 502 g/mol. The molecule has 1 fully saturated rings. The predicted molar refractivity (Wildman–Crippen MR) is 149 cm³/mol. The number of carbonyl (C=O) groups excluding carboxylic acids is 2. The fraction of sp³-hybridized carbons (Fsp3) is 0.276. The maximum absolute atomic E-state index is 12.7. The van der Waals surface area contributed by atoms with Crippen molar-refractivity contribution in [1.82, 2.24) is 19.4 Å². The third-order valence-corrected chi connectivity index (χ3v) is 7.02. The first-order valence-corrected chi connectivity index (χ1v) is 13.0. The Morgan fingerprint density at radius 1 is 0.974 bits per heavy atom. The number of amides is 2. The van der Waals surface area contributed by atoms with Gasteiger partial charge in [0.05, 0.1) is 11.0 Å². The summed E-state index contributed by atoms with van der Waals surface area (Å²) in [4.78, 5) is 34.2. The van der Waals surface area contributed by atoms with Crippen molar-refractivity contribution in [3.05, 3.63) is 89.2 Å². The van der Waals surface area contributed by atoms with E-state index in [9.17, 15) is 9.59 Å². The number of nitrogens with one attached hydrogen (secondary N) is 1. The van der Waals surface area contributed by atoms with Crippen LogP contribution >= 0.6 is 11.6 Å². The Morgan fingerprint density at radius 2 is 1.71 bits per heavy atom. The van der Waals surface area contributed by atoms with E-state index in [1.54, 1.807) is 24.3 Å². The molecule has 0 saturated carbocycles. The van der Waals surface area contributed by atoms with E-state index in [-0.39, 0.29) is 18.4 Å². The highest BCUT2D eigenvalue weighted by Crippen LogP contribution is 2.21. The number of hydrogen-bond acceptors (Lipinski definition) is 5. The van der Waals surface area contributed by atoms with Gasteiger partial charge in [0.1, 0.15) is 11.6 Å². The zero-order valence-electron chi connectivity index (χ0n) is 21.3. The third-order valence-electron chi connectivity index (χ3n) is 6.77. The molecule has 1 N–H and O–H groups in total. The molecule has 0 bridgehead atoms. The molecule has 9 heteroatoms. The number of aryl methyl sites for hydroxylation is 1. The van der Waals surface area contributed by atoms with Gasteiger partial charge in [-0.2, -0.15) is 0 Å². The van der Waals surface area contributed by atoms with Gasteiger partial charge in [0, 0.05) is 62.5 Å². The number of piperazine rings is 1. The molecule has 0 aliphatic carbocycles. The van der Waals surface area contributed by atoms with Gasteiger partial charge in [-0.25, -0.2) is 4.98 Å². The molecule has 38 heavy (non-hydrogen) atoms. The number of fused-ring (bicyclic) bond motifs is 1. The summed E-state index contributed by atoms with van der Waals surface area (Å²) in [5.41, 5.74) is 3.25. The van der Waals surface area contributed by atoms with Crippen molar-refractivity contribution in [2.24, 2.45) is 7.05 Å². The standard InChI is InChI=1S/C29H30ClN5O3/c1-33-26-12-9-23(31-28(36)20-38-24-10-7-22(30)8-11-24)19-25(26)32-27(33)13-14-34-15-17-35(18-16-34)29(37)21-5-3-2-4-6-21/h2-12,19H,13-18,20H2,1H3,(H,31,36). The Balaban J connectivity index is 1.13. The summed E-state index contributed by atoms with van der Waals surface area (Å²) < 4.78 is 7.62. The minimum Gasteiger partial charge on any atom is -0.484 e. The van der Waals surface area contributed by atoms with E-state index in [2.05, 4.69) is 14.8 Å². The lowest BCUT2D eigenvalue weighted by Crippen LogP contribution is -2.49. The first kappa shape index (κ1) is 25.8. The van der Waals surface area contributed by atoms with Crippen LogP contribution in [0.4, 0.5) is 5.69 Å². The lowest BCUT2D eigenvalue weighted by atomic mass is 10.2. The zero-order chi connectivity index (χ0) is 26.5. The number of nitrogens with zero attached hydrogens (tertiary/aromatic N) is 4. The second-order valence-electron chi connectivity index (χ2n) is 9.33. The van der Waals surface area contributed by atoms with Crippen LogP contribution in [-0.2, 0) is 18.3 Å². The normalized spacial score (nSPS) is 14.0. The maximum atomic E-state index is 12.7. The molecule has 4 aromatic rings. The molecule has 2 heterocycles. The van der Waals surface area contributed by atoms with Crippen LogP contribution in [-0.4, -0.2) is 70.5 Å². The second-order valence-corrected chi connectivity index (χ2v) is 9.77. The van der Waals surface area contributed by atoms with Gasteiger partial charge in [0.25, 0.3) is 11.8 Å². The minimum atomic E-state index is -0.250. The number of carbonyl (C=O) groups is 2. The molecule has 1 aromatic heterocycles. The van der Waals surface area contributed by atoms with E-state index >= 15 is 0 Å². The van der Waals surface area contributed by atoms with Gasteiger partial charge in [-0.15, -0.1) is 0 Å². The summed E-state index contributed by atoms with van der Waals surface area (Å²) in [5.74, 6) is 1.41. The van der Waals surface area contributed by atoms with Crippen molar-refractivity contribution in [2.75, 3.05) is 44.6 Å². The number of benzene rings is 3. The first-order valence-electron chi connectivity index (χ1n) is 12.7. The molecule has 0 radical (unpaired) electrons. The van der Waals surface area contributed by atoms with Gasteiger partial charge in [-0.1, -0.05) is 29.8 Å². The van der Waals surface area contributed by atoms with E-state index in [0.717, 1.165) is 61.6 Å². The van der Waals surface area contributed by atoms with Gasteiger partial charge in [0.15, 0.2) is 6.61 Å². The molecule has 2 amide bonds. The van der Waals surface area contributed by atoms with Gasteiger partial charge in [-0.3, -0.25) is 14.5 Å². The molecule has 0 spiro atoms. The van der Waals surface area contributed by atoms with E-state index in [0.29, 0.717) is 16.5 Å². The number of imidazole rings is 1. The van der Waals surface area contributed by atoms with E-state index in [1.165, 1.54) is 0 Å². The zero-order valence-corrected chi connectivity index (χ0v) is 22.0. The van der Waals surface area contributed by atoms with Crippen molar-refractivity contribution in [3.8, 4) is 5.75 Å². The summed E-state index contributed by atoms with van der Waals surface area (Å²) in [6.07, 6.45) is 0.800. The van der Waals surface area contributed by atoms with Crippen LogP contribution in [0.2, 0.25) is 5.02 Å². The maximum Gasteiger partial charge on any atom is 0.262 e. The molecule has 0 unspecified atom stereocenters. The van der Waals surface area contributed by atoms with Gasteiger partial charge in [-0.05, 0) is 54.6 Å². The summed E-state index contributed by atoms with van der Waals surface area (Å²) in [5, 5.41) is 3.49. The topological polar surface area (TPSA) is 79.7 Å². The second kappa shape index (κ2) is 11.7. The Hall–Kier alpha value is -3.88. The Kier molecular flexibility index (Phi) is 7.91. The summed E-state index contributed by atoms with van der Waals surface area (Å²) >= 11 is 5.88. The van der Waals surface area contributed by atoms with Crippen LogP contribution in [0.5, 0.6) is 5.75 Å². The van der Waals surface area contributed by atoms with E-state index in [4.69, 9.17) is 21.3 Å². The highest BCUT2D eigenvalue weighted by molar-refractivity contribution is 6.30. The van der Waals surface area contributed by atoms with Crippen molar-refractivity contribution in [2.45, 2.75) is 6.42 Å². The number of hydrogen-bond donors (Lipinski definition) is 1. The van der Waals surface area contributed by atoms with Crippen molar-refractivity contribution in [1.29, 1.82) is 0 Å². The molecule has 3 aromatic carbocycles. The smallest absolute Gasteiger partial charge is 0.262 e. The SMILES string of the molecule is Cn1c(CCN2CCN(C(=O)c3ccccc3)CC2)nc2cc(NC(=O)COc3ccc(Cl)cc3)ccc21. The average Bonchev–Trinajstić information content (AvgIpc) is 3.26. The lowest BCUT2D eigenvalue weighted by molar-refractivity contribution is -0.118. The monoisotopic (exact) mass is 531 g/mol. The number of halogens is 1. The number of aromatic nitrogens is 2. The lowest BCUT2D eigenvalue weighted by Gasteiger charge is -2.34. The van der Waals surface area contributed by atoms with Gasteiger partial charge < -0.3 is 19.5 Å². The van der Waals surface area contributed by atoms with Crippen molar-refractivity contribution < 1.29 is 14.3 Å². The van der Waals surface area contributed by atoms with Crippen LogP contribution in [0, 0.1) is 0 Å². The predicted octanol–water partition coefficient (Wildman–Crippen LogP) is 4.24. The largest absolute Gasteiger partial charge is 0.484 e. The fourth-order valence-electron chi connectivity index (χ4n) is 4.62. The Morgan fingerprint density at radius 3 is 2.45 bits per heavy atom. The van der Waals surface area contributed by atoms with Gasteiger partial charge >= 0.3 is 0 Å². The average molecular weight is 532 g/mol. The molecule has 0 atom stereocenters. The highest BCUT2D eigenvalue weighted by atomic mass is 35.5. The van der Waals surface area contributed by atoms with E-state index in [1.807, 2.05) is 60.5 Å². The third kappa shape index (κ3) is 6.15. The quantitative estimate of drug-likeness (QED) is 0.368. The highest BCUT2D eigenvalue weighted by Gasteiger charge is 2.22. The molecule has 1 aliphatic rings. The van der Waals surface area contributed by atoms with Crippen molar-refractivity contribution in [3.63, 3.8) is 0 Å². The fourth-order valence-corrected chi connectivity index (χ4v) is 4.75. The molecule has 1 aliphatic heterocycles. The van der Waals surface area contributed by atoms with Crippen molar-refractivity contribution >= 4 is 40.1 Å². The molecular formula is C29H30ClN5O3. The molecule has 1 saturated heterocycles. The molecule has 196 valence electrons. The van der Waals surface area contributed by atoms with E-state index < -0.39 is 0 Å². The minimum absolute atomic E-state index is 0.0973. The summed E-state index contributed by atoms with van der Waals surface area (Å²) in [7, 11) is 2.01. The molecule has 5 rings (SSSR count). The Labute approximate surface area is 226 Å². The van der Waals surface area contributed by atoms with Gasteiger partial charge in [0.2, 0.25) is 0 Å². The van der Waals surface area contributed by atoms with Crippen LogP contribution in [0.25, 0.3) is 11.0 Å². The summed E-state index contributed by atoms with van der Waals surface area (Å²) in [6.45, 7) is 3.91. The molecule has 8 nitrogen and oxygen atoms in total. The summed E-state index contributed by atoms with van der Waals surface area (Å²) in [6, 6.07) is 22.1. The number of anilines is 1. The Bertz CT molecular complexity index is 1410. The van der Waals surface area contributed by atoms with Crippen LogP contribution in [0.1, 0.15) is 16.2 Å². The number of ether oxygens (including phenoxy) is 1.